The Hall–Kier alpha value is -3.71. The number of hydrogen-bond donors (Lipinski definition) is 8. The van der Waals surface area contributed by atoms with Crippen molar-refractivity contribution in [1.82, 2.24) is 16.0 Å². The summed E-state index contributed by atoms with van der Waals surface area (Å²) in [4.78, 5) is 60.5. The summed E-state index contributed by atoms with van der Waals surface area (Å²) in [5, 5.41) is 44.6. The maximum Gasteiger partial charge on any atom is 0.326 e. The van der Waals surface area contributed by atoms with Gasteiger partial charge in [0.25, 0.3) is 0 Å². The van der Waals surface area contributed by atoms with Crippen LogP contribution in [0, 0.1) is 5.92 Å². The first-order valence-electron chi connectivity index (χ1n) is 10.8. The Labute approximate surface area is 201 Å². The number of carbonyl (C=O) groups excluding carboxylic acids is 3. The molecule has 0 aromatic heterocycles. The fourth-order valence-electron chi connectivity index (χ4n) is 2.94. The average molecular weight is 497 g/mol. The van der Waals surface area contributed by atoms with E-state index in [-0.39, 0.29) is 18.1 Å². The van der Waals surface area contributed by atoms with Gasteiger partial charge in [-0.05, 0) is 30.5 Å². The molecule has 0 aliphatic carbocycles. The number of hydrogen-bond acceptors (Lipinski definition) is 8. The molecule has 9 N–H and O–H groups in total. The van der Waals surface area contributed by atoms with E-state index >= 15 is 0 Å². The minimum atomic E-state index is -1.66. The van der Waals surface area contributed by atoms with Gasteiger partial charge in [0, 0.05) is 6.42 Å². The Balaban J connectivity index is 2.99. The molecule has 0 aliphatic heterocycles. The largest absolute Gasteiger partial charge is 0.508 e. The van der Waals surface area contributed by atoms with Gasteiger partial charge < -0.3 is 42.1 Å². The van der Waals surface area contributed by atoms with Crippen LogP contribution in [0.3, 0.4) is 0 Å². The number of carboxylic acid groups (broad SMARTS) is 2. The minimum Gasteiger partial charge on any atom is -0.508 e. The zero-order chi connectivity index (χ0) is 26.9. The van der Waals surface area contributed by atoms with Crippen LogP contribution in [0.4, 0.5) is 0 Å². The third-order valence-corrected chi connectivity index (χ3v) is 5.09. The molecule has 0 bridgehead atoms. The Morgan fingerprint density at radius 1 is 0.857 bits per heavy atom. The SMILES string of the molecule is CC(C)C(N)C(=O)NC(CC(=O)O)C(=O)NC(C(=O)NC(Cc1ccc(O)cc1)C(=O)O)C(C)O. The molecule has 0 saturated carbocycles. The number of rotatable bonds is 13. The number of aliphatic carboxylic acids is 2. The van der Waals surface area contributed by atoms with Crippen LogP contribution in [0.25, 0.3) is 0 Å². The van der Waals surface area contributed by atoms with Gasteiger partial charge in [0.2, 0.25) is 17.7 Å². The van der Waals surface area contributed by atoms with Crippen LogP contribution < -0.4 is 21.7 Å². The lowest BCUT2D eigenvalue weighted by Gasteiger charge is -2.26. The fraction of sp³-hybridized carbons (Fsp3) is 0.500. The third kappa shape index (κ3) is 9.59. The van der Waals surface area contributed by atoms with Crippen molar-refractivity contribution in [2.45, 2.75) is 63.9 Å². The molecule has 1 aromatic rings. The van der Waals surface area contributed by atoms with Crippen LogP contribution >= 0.6 is 0 Å². The van der Waals surface area contributed by atoms with Gasteiger partial charge in [0.15, 0.2) is 0 Å². The predicted octanol–water partition coefficient (Wildman–Crippen LogP) is -1.69. The van der Waals surface area contributed by atoms with E-state index in [4.69, 9.17) is 10.8 Å². The molecule has 35 heavy (non-hydrogen) atoms. The molecule has 0 saturated heterocycles. The van der Waals surface area contributed by atoms with Gasteiger partial charge in [-0.1, -0.05) is 26.0 Å². The molecule has 3 amide bonds. The van der Waals surface area contributed by atoms with Gasteiger partial charge in [-0.15, -0.1) is 0 Å². The zero-order valence-electron chi connectivity index (χ0n) is 19.6. The predicted molar refractivity (Wildman–Crippen MR) is 122 cm³/mol. The lowest BCUT2D eigenvalue weighted by molar-refractivity contribution is -0.144. The maximum atomic E-state index is 12.7. The Kier molecular flexibility index (Phi) is 11.1. The van der Waals surface area contributed by atoms with E-state index in [9.17, 15) is 39.3 Å². The normalized spacial score (nSPS) is 15.3. The molecule has 1 aromatic carbocycles. The third-order valence-electron chi connectivity index (χ3n) is 5.09. The Morgan fingerprint density at radius 3 is 1.86 bits per heavy atom. The molecule has 0 fully saturated rings. The minimum absolute atomic E-state index is 0.0288. The molecule has 0 radical (unpaired) electrons. The van der Waals surface area contributed by atoms with E-state index in [0.717, 1.165) is 0 Å². The molecule has 5 atom stereocenters. The lowest BCUT2D eigenvalue weighted by Crippen LogP contribution is -2.60. The standard InChI is InChI=1S/C22H32N4O9/c1-10(2)17(23)20(32)24-14(9-16(29)30)19(31)26-18(11(3)27)21(33)25-15(22(34)35)8-12-4-6-13(28)7-5-12/h4-7,10-11,14-15,17-18,27-28H,8-9,23H2,1-3H3,(H,24,32)(H,25,33)(H,26,31)(H,29,30)(H,34,35). The Bertz CT molecular complexity index is 918. The number of benzene rings is 1. The molecule has 0 aliphatic rings. The summed E-state index contributed by atoms with van der Waals surface area (Å²) >= 11 is 0. The van der Waals surface area contributed by atoms with E-state index in [1.165, 1.54) is 31.2 Å². The van der Waals surface area contributed by atoms with Crippen molar-refractivity contribution in [2.75, 3.05) is 0 Å². The molecular formula is C22H32N4O9. The van der Waals surface area contributed by atoms with Crippen LogP contribution in [0.1, 0.15) is 32.8 Å². The van der Waals surface area contributed by atoms with Crippen molar-refractivity contribution in [3.63, 3.8) is 0 Å². The maximum absolute atomic E-state index is 12.7. The summed E-state index contributed by atoms with van der Waals surface area (Å²) in [7, 11) is 0. The van der Waals surface area contributed by atoms with Crippen molar-refractivity contribution in [3.8, 4) is 5.75 Å². The molecule has 0 spiro atoms. The summed E-state index contributed by atoms with van der Waals surface area (Å²) in [5.74, 6) is -6.04. The zero-order valence-corrected chi connectivity index (χ0v) is 19.6. The van der Waals surface area contributed by atoms with Gasteiger partial charge >= 0.3 is 11.9 Å². The highest BCUT2D eigenvalue weighted by Gasteiger charge is 2.33. The highest BCUT2D eigenvalue weighted by Crippen LogP contribution is 2.12. The van der Waals surface area contributed by atoms with Crippen LogP contribution in [-0.4, -0.2) is 80.4 Å². The summed E-state index contributed by atoms with van der Waals surface area (Å²) in [6.45, 7) is 4.47. The second-order valence-electron chi connectivity index (χ2n) is 8.43. The number of aliphatic hydroxyl groups excluding tert-OH is 1. The van der Waals surface area contributed by atoms with Gasteiger partial charge in [0.05, 0.1) is 18.6 Å². The van der Waals surface area contributed by atoms with Crippen molar-refractivity contribution in [1.29, 1.82) is 0 Å². The van der Waals surface area contributed by atoms with E-state index in [1.54, 1.807) is 13.8 Å². The van der Waals surface area contributed by atoms with Crippen molar-refractivity contribution in [3.05, 3.63) is 29.8 Å². The van der Waals surface area contributed by atoms with Gasteiger partial charge in [-0.2, -0.15) is 0 Å². The number of amides is 3. The van der Waals surface area contributed by atoms with E-state index in [2.05, 4.69) is 16.0 Å². The van der Waals surface area contributed by atoms with Crippen LogP contribution in [0.5, 0.6) is 5.75 Å². The fourth-order valence-corrected chi connectivity index (χ4v) is 2.94. The van der Waals surface area contributed by atoms with E-state index in [1.807, 2.05) is 0 Å². The number of carboxylic acids is 2. The number of carbonyl (C=O) groups is 5. The number of nitrogens with one attached hydrogen (secondary N) is 3. The first-order chi connectivity index (χ1) is 16.2. The van der Waals surface area contributed by atoms with Gasteiger partial charge in [-0.3, -0.25) is 19.2 Å². The molecule has 5 unspecified atom stereocenters. The summed E-state index contributed by atoms with van der Waals surface area (Å²) in [5.41, 5.74) is 6.21. The van der Waals surface area contributed by atoms with Crippen LogP contribution in [0.2, 0.25) is 0 Å². The highest BCUT2D eigenvalue weighted by atomic mass is 16.4. The molecular weight excluding hydrogens is 464 g/mol. The molecule has 0 heterocycles. The summed E-state index contributed by atoms with van der Waals surface area (Å²) in [6, 6.07) is -0.107. The number of nitrogens with two attached hydrogens (primary N) is 1. The molecule has 194 valence electrons. The smallest absolute Gasteiger partial charge is 0.326 e. The number of aliphatic hydroxyl groups is 1. The van der Waals surface area contributed by atoms with Crippen molar-refractivity contribution >= 4 is 29.7 Å². The number of phenols is 1. The monoisotopic (exact) mass is 496 g/mol. The van der Waals surface area contributed by atoms with E-state index < -0.39 is 66.4 Å². The van der Waals surface area contributed by atoms with Crippen molar-refractivity contribution in [2.24, 2.45) is 11.7 Å². The second-order valence-corrected chi connectivity index (χ2v) is 8.43. The quantitative estimate of drug-likeness (QED) is 0.154. The first-order valence-corrected chi connectivity index (χ1v) is 10.8. The van der Waals surface area contributed by atoms with E-state index in [0.29, 0.717) is 5.56 Å². The summed E-state index contributed by atoms with van der Waals surface area (Å²) < 4.78 is 0. The molecule has 13 heteroatoms. The highest BCUT2D eigenvalue weighted by molar-refractivity contribution is 5.95. The molecule has 13 nitrogen and oxygen atoms in total. The second kappa shape index (κ2) is 13.2. The summed E-state index contributed by atoms with van der Waals surface area (Å²) in [6.07, 6.45) is -2.48. The van der Waals surface area contributed by atoms with Gasteiger partial charge in [0.1, 0.15) is 23.9 Å². The van der Waals surface area contributed by atoms with Gasteiger partial charge in [-0.25, -0.2) is 4.79 Å². The first kappa shape index (κ1) is 29.3. The van der Waals surface area contributed by atoms with Crippen LogP contribution in [-0.2, 0) is 30.4 Å². The number of aromatic hydroxyl groups is 1. The number of phenolic OH excluding ortho intramolecular Hbond substituents is 1. The Morgan fingerprint density at radius 2 is 1.40 bits per heavy atom. The van der Waals surface area contributed by atoms with Crippen molar-refractivity contribution < 1.29 is 44.4 Å². The average Bonchev–Trinajstić information content (AvgIpc) is 2.76. The molecule has 1 rings (SSSR count). The topological polar surface area (TPSA) is 228 Å². The lowest BCUT2D eigenvalue weighted by atomic mass is 10.0. The van der Waals surface area contributed by atoms with Crippen LogP contribution in [0.15, 0.2) is 24.3 Å².